The normalized spacial score (nSPS) is 25.2. The van der Waals surface area contributed by atoms with E-state index in [-0.39, 0.29) is 11.8 Å². The molecule has 5 nitrogen and oxygen atoms in total. The Morgan fingerprint density at radius 1 is 1.39 bits per heavy atom. The minimum atomic E-state index is 0.0859. The van der Waals surface area contributed by atoms with E-state index in [1.807, 2.05) is 12.1 Å². The molecule has 0 unspecified atom stereocenters. The molecule has 126 valence electrons. The van der Waals surface area contributed by atoms with E-state index in [2.05, 4.69) is 44.5 Å². The summed E-state index contributed by atoms with van der Waals surface area (Å²) in [5.74, 6) is 0.216. The predicted octanol–water partition coefficient (Wildman–Crippen LogP) is 2.61. The standard InChI is InChI=1S/C17H24BrN3O2/c1-12-10-13(4-5-19-12)17(22)20-15-11-14(18)2-3-16(15)21-6-8-23-9-7-21/h2-3,11-13,19H,4-10H2,1H3,(H,20,22)/t12-,13-/m0/s1. The highest BCUT2D eigenvalue weighted by Crippen LogP contribution is 2.31. The van der Waals surface area contributed by atoms with Crippen LogP contribution in [0.5, 0.6) is 0 Å². The maximum atomic E-state index is 12.7. The highest BCUT2D eigenvalue weighted by molar-refractivity contribution is 9.10. The van der Waals surface area contributed by atoms with Crippen LogP contribution in [0.4, 0.5) is 11.4 Å². The lowest BCUT2D eigenvalue weighted by atomic mass is 9.92. The number of anilines is 2. The first-order chi connectivity index (χ1) is 11.1. The van der Waals surface area contributed by atoms with Crippen molar-refractivity contribution >= 4 is 33.2 Å². The first-order valence-electron chi connectivity index (χ1n) is 8.30. The van der Waals surface area contributed by atoms with Crippen molar-refractivity contribution in [3.8, 4) is 0 Å². The summed E-state index contributed by atoms with van der Waals surface area (Å²) in [6.07, 6.45) is 1.80. The van der Waals surface area contributed by atoms with Crippen LogP contribution in [0.25, 0.3) is 0 Å². The molecule has 2 atom stereocenters. The molecule has 23 heavy (non-hydrogen) atoms. The van der Waals surface area contributed by atoms with Crippen molar-refractivity contribution in [1.82, 2.24) is 5.32 Å². The van der Waals surface area contributed by atoms with Gasteiger partial charge in [0.2, 0.25) is 5.91 Å². The zero-order valence-electron chi connectivity index (χ0n) is 13.5. The lowest BCUT2D eigenvalue weighted by Crippen LogP contribution is -2.40. The number of amides is 1. The van der Waals surface area contributed by atoms with E-state index in [9.17, 15) is 4.79 Å². The van der Waals surface area contributed by atoms with E-state index in [4.69, 9.17) is 4.74 Å². The van der Waals surface area contributed by atoms with Crippen molar-refractivity contribution in [2.75, 3.05) is 43.1 Å². The van der Waals surface area contributed by atoms with Gasteiger partial charge in [-0.3, -0.25) is 4.79 Å². The number of ether oxygens (including phenoxy) is 1. The highest BCUT2D eigenvalue weighted by atomic mass is 79.9. The lowest BCUT2D eigenvalue weighted by Gasteiger charge is -2.31. The van der Waals surface area contributed by atoms with Crippen LogP contribution in [-0.2, 0) is 9.53 Å². The van der Waals surface area contributed by atoms with Gasteiger partial charge in [-0.05, 0) is 44.5 Å². The van der Waals surface area contributed by atoms with Gasteiger partial charge in [0.05, 0.1) is 24.6 Å². The van der Waals surface area contributed by atoms with Gasteiger partial charge in [0.15, 0.2) is 0 Å². The van der Waals surface area contributed by atoms with Gasteiger partial charge in [0.1, 0.15) is 0 Å². The van der Waals surface area contributed by atoms with Gasteiger partial charge in [-0.25, -0.2) is 0 Å². The van der Waals surface area contributed by atoms with Gasteiger partial charge < -0.3 is 20.3 Å². The predicted molar refractivity (Wildman–Crippen MR) is 96.0 cm³/mol. The Bertz CT molecular complexity index is 561. The molecule has 2 heterocycles. The molecule has 1 aromatic carbocycles. The van der Waals surface area contributed by atoms with Crippen LogP contribution in [0.15, 0.2) is 22.7 Å². The van der Waals surface area contributed by atoms with Gasteiger partial charge in [-0.2, -0.15) is 0 Å². The van der Waals surface area contributed by atoms with Crippen molar-refractivity contribution in [1.29, 1.82) is 0 Å². The molecule has 0 radical (unpaired) electrons. The number of halogens is 1. The first kappa shape index (κ1) is 16.7. The van der Waals surface area contributed by atoms with Gasteiger partial charge in [-0.15, -0.1) is 0 Å². The lowest BCUT2D eigenvalue weighted by molar-refractivity contribution is -0.120. The second kappa shape index (κ2) is 7.64. The third-order valence-corrected chi connectivity index (χ3v) is 5.06. The number of piperidine rings is 1. The number of hydrogen-bond donors (Lipinski definition) is 2. The first-order valence-corrected chi connectivity index (χ1v) is 9.09. The van der Waals surface area contributed by atoms with Crippen LogP contribution < -0.4 is 15.5 Å². The van der Waals surface area contributed by atoms with Crippen LogP contribution >= 0.6 is 15.9 Å². The Balaban J connectivity index is 1.75. The van der Waals surface area contributed by atoms with Gasteiger partial charge in [0, 0.05) is 29.5 Å². The number of morpholine rings is 1. The van der Waals surface area contributed by atoms with Gasteiger partial charge >= 0.3 is 0 Å². The largest absolute Gasteiger partial charge is 0.378 e. The summed E-state index contributed by atoms with van der Waals surface area (Å²) in [4.78, 5) is 14.9. The Morgan fingerprint density at radius 3 is 2.91 bits per heavy atom. The molecule has 1 amide bonds. The fourth-order valence-corrected chi connectivity index (χ4v) is 3.65. The van der Waals surface area contributed by atoms with Crippen molar-refractivity contribution in [2.45, 2.75) is 25.8 Å². The van der Waals surface area contributed by atoms with Crippen LogP contribution in [-0.4, -0.2) is 44.8 Å². The summed E-state index contributed by atoms with van der Waals surface area (Å²) < 4.78 is 6.40. The molecule has 2 N–H and O–H groups in total. The average Bonchev–Trinajstić information content (AvgIpc) is 2.56. The van der Waals surface area contributed by atoms with E-state index < -0.39 is 0 Å². The number of nitrogens with one attached hydrogen (secondary N) is 2. The Labute approximate surface area is 145 Å². The smallest absolute Gasteiger partial charge is 0.227 e. The average molecular weight is 382 g/mol. The topological polar surface area (TPSA) is 53.6 Å². The molecule has 0 bridgehead atoms. The summed E-state index contributed by atoms with van der Waals surface area (Å²) in [6.45, 7) is 6.22. The molecule has 2 saturated heterocycles. The fraction of sp³-hybridized carbons (Fsp3) is 0.588. The molecule has 0 aliphatic carbocycles. The number of carbonyl (C=O) groups is 1. The second-order valence-corrected chi connectivity index (χ2v) is 7.24. The van der Waals surface area contributed by atoms with Crippen molar-refractivity contribution < 1.29 is 9.53 Å². The molecular formula is C17H24BrN3O2. The molecule has 2 aliphatic rings. The minimum absolute atomic E-state index is 0.0859. The van der Waals surface area contributed by atoms with Crippen LogP contribution in [0.3, 0.4) is 0 Å². The number of nitrogens with zero attached hydrogens (tertiary/aromatic N) is 1. The highest BCUT2D eigenvalue weighted by Gasteiger charge is 2.26. The van der Waals surface area contributed by atoms with E-state index in [1.165, 1.54) is 0 Å². The molecule has 0 spiro atoms. The molecule has 2 fully saturated rings. The molecule has 2 aliphatic heterocycles. The number of hydrogen-bond acceptors (Lipinski definition) is 4. The maximum absolute atomic E-state index is 12.7. The molecule has 0 saturated carbocycles. The third-order valence-electron chi connectivity index (χ3n) is 4.56. The number of benzene rings is 1. The molecular weight excluding hydrogens is 358 g/mol. The summed E-state index contributed by atoms with van der Waals surface area (Å²) in [6, 6.07) is 6.48. The van der Waals surface area contributed by atoms with Crippen LogP contribution in [0.2, 0.25) is 0 Å². The van der Waals surface area contributed by atoms with Gasteiger partial charge in [0.25, 0.3) is 0 Å². The van der Waals surface area contributed by atoms with Crippen LogP contribution in [0.1, 0.15) is 19.8 Å². The summed E-state index contributed by atoms with van der Waals surface area (Å²) in [5, 5.41) is 6.55. The maximum Gasteiger partial charge on any atom is 0.227 e. The van der Waals surface area contributed by atoms with Crippen molar-refractivity contribution in [2.24, 2.45) is 5.92 Å². The molecule has 6 heteroatoms. The summed E-state index contributed by atoms with van der Waals surface area (Å²) >= 11 is 3.51. The van der Waals surface area contributed by atoms with E-state index in [1.54, 1.807) is 0 Å². The monoisotopic (exact) mass is 381 g/mol. The van der Waals surface area contributed by atoms with Crippen molar-refractivity contribution in [3.63, 3.8) is 0 Å². The van der Waals surface area contributed by atoms with E-state index >= 15 is 0 Å². The quantitative estimate of drug-likeness (QED) is 0.844. The molecule has 3 rings (SSSR count). The number of carbonyl (C=O) groups excluding carboxylic acids is 1. The Morgan fingerprint density at radius 2 is 2.17 bits per heavy atom. The van der Waals surface area contributed by atoms with Crippen molar-refractivity contribution in [3.05, 3.63) is 22.7 Å². The molecule has 1 aromatic rings. The molecule has 0 aromatic heterocycles. The minimum Gasteiger partial charge on any atom is -0.378 e. The zero-order valence-corrected chi connectivity index (χ0v) is 15.1. The number of rotatable bonds is 3. The van der Waals surface area contributed by atoms with E-state index in [0.29, 0.717) is 6.04 Å². The summed E-state index contributed by atoms with van der Waals surface area (Å²) in [5.41, 5.74) is 1.96. The Kier molecular flexibility index (Phi) is 5.56. The summed E-state index contributed by atoms with van der Waals surface area (Å²) in [7, 11) is 0. The zero-order chi connectivity index (χ0) is 16.2. The van der Waals surface area contributed by atoms with Gasteiger partial charge in [-0.1, -0.05) is 15.9 Å². The van der Waals surface area contributed by atoms with Crippen LogP contribution in [0, 0.1) is 5.92 Å². The SMILES string of the molecule is C[C@H]1C[C@@H](C(=O)Nc2cc(Br)ccc2N2CCOCC2)CCN1. The van der Waals surface area contributed by atoms with E-state index in [0.717, 1.165) is 61.5 Å². The third kappa shape index (κ3) is 4.25. The fourth-order valence-electron chi connectivity index (χ4n) is 3.29. The second-order valence-electron chi connectivity index (χ2n) is 6.33. The Hall–Kier alpha value is -1.11.